The molecule has 1 aliphatic heterocycles. The largest absolute Gasteiger partial charge is 0.465 e. The number of nitrogens with zero attached hydrogens (tertiary/aromatic N) is 1. The summed E-state index contributed by atoms with van der Waals surface area (Å²) in [6, 6.07) is 6.38. The molecule has 0 aliphatic carbocycles. The third-order valence-electron chi connectivity index (χ3n) is 3.16. The predicted molar refractivity (Wildman–Crippen MR) is 91.7 cm³/mol. The van der Waals surface area contributed by atoms with E-state index in [-0.39, 0.29) is 11.0 Å². The molecule has 2 amide bonds. The number of thioether (sulfide) groups is 1. The molecule has 0 radical (unpaired) electrons. The number of esters is 2. The van der Waals surface area contributed by atoms with Gasteiger partial charge in [0.05, 0.1) is 23.7 Å². The quantitative estimate of drug-likeness (QED) is 0.586. The van der Waals surface area contributed by atoms with E-state index in [0.29, 0.717) is 11.1 Å². The number of carbonyl (C=O) groups excluding carboxylic acids is 4. The molecule has 0 atom stereocenters. The van der Waals surface area contributed by atoms with Crippen molar-refractivity contribution >= 4 is 40.9 Å². The number of rotatable bonds is 5. The number of carbonyl (C=O) groups is 4. The number of amides is 2. The van der Waals surface area contributed by atoms with Crippen molar-refractivity contribution in [1.82, 2.24) is 4.90 Å². The van der Waals surface area contributed by atoms with E-state index in [1.54, 1.807) is 38.1 Å². The number of hydrogen-bond donors (Lipinski definition) is 0. The van der Waals surface area contributed by atoms with Crippen LogP contribution in [0.15, 0.2) is 29.2 Å². The second-order valence-electron chi connectivity index (χ2n) is 5.42. The van der Waals surface area contributed by atoms with Crippen LogP contribution in [0.3, 0.4) is 0 Å². The van der Waals surface area contributed by atoms with Crippen molar-refractivity contribution in [3.63, 3.8) is 0 Å². The van der Waals surface area contributed by atoms with E-state index in [2.05, 4.69) is 4.74 Å². The van der Waals surface area contributed by atoms with Crippen LogP contribution < -0.4 is 0 Å². The van der Waals surface area contributed by atoms with E-state index in [1.807, 2.05) is 0 Å². The Labute approximate surface area is 149 Å². The maximum Gasteiger partial charge on any atom is 0.337 e. The highest BCUT2D eigenvalue weighted by atomic mass is 32.2. The van der Waals surface area contributed by atoms with Gasteiger partial charge in [0.25, 0.3) is 11.1 Å². The van der Waals surface area contributed by atoms with Crippen molar-refractivity contribution in [3.8, 4) is 0 Å². The zero-order valence-corrected chi connectivity index (χ0v) is 14.8. The SMILES string of the molecule is COC(=O)c1ccc(/C=C2/SC(=O)N(CC(=O)OC(C)C)C2=O)cc1. The zero-order valence-electron chi connectivity index (χ0n) is 14.0. The average molecular weight is 363 g/mol. The normalized spacial score (nSPS) is 15.8. The second-order valence-corrected chi connectivity index (χ2v) is 6.41. The Hall–Kier alpha value is -2.61. The summed E-state index contributed by atoms with van der Waals surface area (Å²) in [5.74, 6) is -1.65. The molecule has 0 aromatic heterocycles. The van der Waals surface area contributed by atoms with Crippen LogP contribution in [0.25, 0.3) is 6.08 Å². The fourth-order valence-corrected chi connectivity index (χ4v) is 2.89. The van der Waals surface area contributed by atoms with E-state index in [0.717, 1.165) is 16.7 Å². The summed E-state index contributed by atoms with van der Waals surface area (Å²) in [7, 11) is 1.29. The van der Waals surface area contributed by atoms with Gasteiger partial charge in [-0.25, -0.2) is 4.79 Å². The first kappa shape index (κ1) is 18.7. The molecule has 132 valence electrons. The van der Waals surface area contributed by atoms with Gasteiger partial charge in [0.15, 0.2) is 0 Å². The highest BCUT2D eigenvalue weighted by Crippen LogP contribution is 2.32. The second kappa shape index (κ2) is 7.98. The first-order chi connectivity index (χ1) is 11.8. The smallest absolute Gasteiger partial charge is 0.337 e. The number of ether oxygens (including phenoxy) is 2. The Bertz CT molecular complexity index is 738. The summed E-state index contributed by atoms with van der Waals surface area (Å²) in [6.45, 7) is 2.95. The van der Waals surface area contributed by atoms with Crippen LogP contribution in [0.5, 0.6) is 0 Å². The van der Waals surface area contributed by atoms with E-state index in [4.69, 9.17) is 4.74 Å². The van der Waals surface area contributed by atoms with Crippen LogP contribution >= 0.6 is 11.8 Å². The van der Waals surface area contributed by atoms with Gasteiger partial charge in [-0.05, 0) is 49.4 Å². The minimum atomic E-state index is -0.638. The molecular formula is C17H17NO6S. The molecule has 1 aliphatic rings. The molecule has 0 spiro atoms. The van der Waals surface area contributed by atoms with Crippen molar-refractivity contribution in [2.45, 2.75) is 20.0 Å². The lowest BCUT2D eigenvalue weighted by atomic mass is 10.1. The van der Waals surface area contributed by atoms with Gasteiger partial charge in [-0.1, -0.05) is 12.1 Å². The van der Waals surface area contributed by atoms with Crippen LogP contribution in [0.4, 0.5) is 4.79 Å². The van der Waals surface area contributed by atoms with Crippen LogP contribution in [-0.2, 0) is 19.1 Å². The Kier molecular flexibility index (Phi) is 5.97. The van der Waals surface area contributed by atoms with Gasteiger partial charge in [0, 0.05) is 0 Å². The molecule has 1 saturated heterocycles. The van der Waals surface area contributed by atoms with Gasteiger partial charge < -0.3 is 9.47 Å². The number of imide groups is 1. The maximum absolute atomic E-state index is 12.3. The summed E-state index contributed by atoms with van der Waals surface area (Å²) in [4.78, 5) is 48.3. The molecule has 0 N–H and O–H groups in total. The lowest BCUT2D eigenvalue weighted by Crippen LogP contribution is -2.35. The molecule has 2 rings (SSSR count). The minimum absolute atomic E-state index is 0.202. The van der Waals surface area contributed by atoms with Crippen molar-refractivity contribution in [2.75, 3.05) is 13.7 Å². The van der Waals surface area contributed by atoms with E-state index in [1.165, 1.54) is 13.2 Å². The molecule has 8 heteroatoms. The molecule has 1 fully saturated rings. The zero-order chi connectivity index (χ0) is 18.6. The van der Waals surface area contributed by atoms with Crippen LogP contribution in [-0.4, -0.2) is 47.7 Å². The van der Waals surface area contributed by atoms with Crippen molar-refractivity contribution < 1.29 is 28.7 Å². The Balaban J connectivity index is 2.11. The number of benzene rings is 1. The number of hydrogen-bond acceptors (Lipinski definition) is 7. The highest BCUT2D eigenvalue weighted by molar-refractivity contribution is 8.18. The van der Waals surface area contributed by atoms with Crippen molar-refractivity contribution in [3.05, 3.63) is 40.3 Å². The molecule has 1 heterocycles. The molecular weight excluding hydrogens is 346 g/mol. The summed E-state index contributed by atoms with van der Waals surface area (Å²) >= 11 is 0.752. The molecule has 0 unspecified atom stereocenters. The summed E-state index contributed by atoms with van der Waals surface area (Å²) < 4.78 is 9.56. The molecule has 1 aromatic carbocycles. The molecule has 0 saturated carbocycles. The Morgan fingerprint density at radius 2 is 1.84 bits per heavy atom. The number of methoxy groups -OCH3 is 1. The summed E-state index contributed by atoms with van der Waals surface area (Å²) in [5.41, 5.74) is 1.02. The monoisotopic (exact) mass is 363 g/mol. The topological polar surface area (TPSA) is 90.0 Å². The van der Waals surface area contributed by atoms with E-state index in [9.17, 15) is 19.2 Å². The Morgan fingerprint density at radius 3 is 2.40 bits per heavy atom. The minimum Gasteiger partial charge on any atom is -0.465 e. The van der Waals surface area contributed by atoms with Gasteiger partial charge >= 0.3 is 11.9 Å². The van der Waals surface area contributed by atoms with Gasteiger partial charge in [0.1, 0.15) is 6.54 Å². The predicted octanol–water partition coefficient (Wildman–Crippen LogP) is 2.46. The molecule has 7 nitrogen and oxygen atoms in total. The van der Waals surface area contributed by atoms with Crippen molar-refractivity contribution in [2.24, 2.45) is 0 Å². The van der Waals surface area contributed by atoms with Gasteiger partial charge in [-0.15, -0.1) is 0 Å². The van der Waals surface area contributed by atoms with Crippen LogP contribution in [0.1, 0.15) is 29.8 Å². The third kappa shape index (κ3) is 4.69. The van der Waals surface area contributed by atoms with Gasteiger partial charge in [-0.3, -0.25) is 19.3 Å². The fourth-order valence-electron chi connectivity index (χ4n) is 2.05. The van der Waals surface area contributed by atoms with Crippen LogP contribution in [0.2, 0.25) is 0 Å². The average Bonchev–Trinajstić information content (AvgIpc) is 2.81. The standard InChI is InChI=1S/C17H17NO6S/c1-10(2)24-14(19)9-18-15(20)13(25-17(18)22)8-11-4-6-12(7-5-11)16(21)23-3/h4-8,10H,9H2,1-3H3/b13-8+. The lowest BCUT2D eigenvalue weighted by molar-refractivity contribution is -0.149. The van der Waals surface area contributed by atoms with Crippen molar-refractivity contribution in [1.29, 1.82) is 0 Å². The summed E-state index contributed by atoms with van der Waals surface area (Å²) in [5, 5.41) is -0.525. The Morgan fingerprint density at radius 1 is 1.20 bits per heavy atom. The van der Waals surface area contributed by atoms with Gasteiger partial charge in [-0.2, -0.15) is 0 Å². The van der Waals surface area contributed by atoms with Crippen LogP contribution in [0, 0.1) is 0 Å². The molecule has 25 heavy (non-hydrogen) atoms. The first-order valence-corrected chi connectivity index (χ1v) is 8.26. The highest BCUT2D eigenvalue weighted by Gasteiger charge is 2.36. The lowest BCUT2D eigenvalue weighted by Gasteiger charge is -2.13. The first-order valence-electron chi connectivity index (χ1n) is 7.45. The molecule has 0 bridgehead atoms. The van der Waals surface area contributed by atoms with Gasteiger partial charge in [0.2, 0.25) is 0 Å². The maximum atomic E-state index is 12.3. The summed E-state index contributed by atoms with van der Waals surface area (Å²) in [6.07, 6.45) is 1.20. The molecule has 1 aromatic rings. The van der Waals surface area contributed by atoms with E-state index < -0.39 is 29.6 Å². The fraction of sp³-hybridized carbons (Fsp3) is 0.294. The van der Waals surface area contributed by atoms with E-state index >= 15 is 0 Å². The third-order valence-corrected chi connectivity index (χ3v) is 4.06.